The number of carbonyl (C=O) groups is 2. The minimum atomic E-state index is -0.743. The minimum Gasteiger partial charge on any atom is -0.484 e. The molecule has 6 nitrogen and oxygen atoms in total. The zero-order valence-electron chi connectivity index (χ0n) is 17.2. The Morgan fingerprint density at radius 3 is 2.43 bits per heavy atom. The molecule has 0 aromatic heterocycles. The van der Waals surface area contributed by atoms with Gasteiger partial charge >= 0.3 is 0 Å². The van der Waals surface area contributed by atoms with Crippen molar-refractivity contribution >= 4 is 17.5 Å². The number of ether oxygens (including phenoxy) is 1. The van der Waals surface area contributed by atoms with Gasteiger partial charge in [-0.3, -0.25) is 9.59 Å². The van der Waals surface area contributed by atoms with Crippen molar-refractivity contribution in [3.05, 3.63) is 59.4 Å². The highest BCUT2D eigenvalue weighted by Crippen LogP contribution is 2.33. The third-order valence-corrected chi connectivity index (χ3v) is 5.22. The molecule has 2 aromatic rings. The zero-order valence-corrected chi connectivity index (χ0v) is 17.2. The summed E-state index contributed by atoms with van der Waals surface area (Å²) in [6.07, 6.45) is 1.86. The quantitative estimate of drug-likeness (QED) is 0.668. The number of hydrogen-bond acceptors (Lipinski definition) is 4. The van der Waals surface area contributed by atoms with E-state index in [0.717, 1.165) is 11.6 Å². The van der Waals surface area contributed by atoms with Crippen LogP contribution in [0.2, 0.25) is 0 Å². The molecule has 1 aliphatic rings. The Kier molecular flexibility index (Phi) is 7.05. The Morgan fingerprint density at radius 1 is 1.13 bits per heavy atom. The van der Waals surface area contributed by atoms with Crippen LogP contribution < -0.4 is 15.4 Å². The van der Waals surface area contributed by atoms with Crippen molar-refractivity contribution in [3.63, 3.8) is 0 Å². The van der Waals surface area contributed by atoms with Gasteiger partial charge in [0, 0.05) is 18.5 Å². The molecule has 0 saturated heterocycles. The van der Waals surface area contributed by atoms with Crippen molar-refractivity contribution in [2.45, 2.75) is 57.8 Å². The molecule has 0 unspecified atom stereocenters. The molecule has 2 amide bonds. The smallest absolute Gasteiger partial charge is 0.251 e. The monoisotopic (exact) mass is 414 g/mol. The molecule has 2 aromatic carbocycles. The normalized spacial score (nSPS) is 19.6. The molecule has 30 heavy (non-hydrogen) atoms. The SMILES string of the molecule is CC(=O)Nc1c(F)cc(C(=O)N[C@H]2CC[C@H](O)CC2)cc1O[C@@H](C)c1ccccc1. The van der Waals surface area contributed by atoms with Crippen LogP contribution in [0.25, 0.3) is 0 Å². The number of aliphatic hydroxyl groups excluding tert-OH is 1. The average molecular weight is 414 g/mol. The van der Waals surface area contributed by atoms with Crippen molar-refractivity contribution in [2.75, 3.05) is 5.32 Å². The molecule has 0 aliphatic heterocycles. The van der Waals surface area contributed by atoms with Gasteiger partial charge in [-0.1, -0.05) is 30.3 Å². The molecular formula is C23H27FN2O4. The van der Waals surface area contributed by atoms with Gasteiger partial charge in [-0.15, -0.1) is 0 Å². The van der Waals surface area contributed by atoms with Crippen molar-refractivity contribution < 1.29 is 23.8 Å². The van der Waals surface area contributed by atoms with E-state index in [1.54, 1.807) is 0 Å². The third-order valence-electron chi connectivity index (χ3n) is 5.22. The number of aliphatic hydroxyl groups is 1. The molecule has 0 heterocycles. The summed E-state index contributed by atoms with van der Waals surface area (Å²) in [6.45, 7) is 3.09. The van der Waals surface area contributed by atoms with E-state index >= 15 is 0 Å². The van der Waals surface area contributed by atoms with Gasteiger partial charge in [-0.2, -0.15) is 0 Å². The summed E-state index contributed by atoms with van der Waals surface area (Å²) in [6, 6.07) is 11.9. The van der Waals surface area contributed by atoms with Crippen LogP contribution in [0.4, 0.5) is 10.1 Å². The number of nitrogens with one attached hydrogen (secondary N) is 2. The number of rotatable bonds is 6. The van der Waals surface area contributed by atoms with E-state index in [4.69, 9.17) is 4.74 Å². The summed E-state index contributed by atoms with van der Waals surface area (Å²) in [4.78, 5) is 24.3. The van der Waals surface area contributed by atoms with Crippen molar-refractivity contribution in [3.8, 4) is 5.75 Å². The molecule has 1 saturated carbocycles. The van der Waals surface area contributed by atoms with Gasteiger partial charge in [0.25, 0.3) is 5.91 Å². The summed E-state index contributed by atoms with van der Waals surface area (Å²) < 4.78 is 20.7. The Hall–Kier alpha value is -2.93. The lowest BCUT2D eigenvalue weighted by molar-refractivity contribution is -0.114. The number of amides is 2. The van der Waals surface area contributed by atoms with Gasteiger partial charge in [0.15, 0.2) is 5.82 Å². The van der Waals surface area contributed by atoms with E-state index < -0.39 is 23.7 Å². The van der Waals surface area contributed by atoms with Crippen molar-refractivity contribution in [2.24, 2.45) is 0 Å². The zero-order chi connectivity index (χ0) is 21.7. The number of halogens is 1. The van der Waals surface area contributed by atoms with Gasteiger partial charge in [-0.05, 0) is 50.3 Å². The first-order chi connectivity index (χ1) is 14.3. The van der Waals surface area contributed by atoms with Crippen LogP contribution in [0.5, 0.6) is 5.75 Å². The first-order valence-electron chi connectivity index (χ1n) is 10.1. The van der Waals surface area contributed by atoms with Crippen LogP contribution in [0.1, 0.15) is 61.6 Å². The molecule has 1 aliphatic carbocycles. The fourth-order valence-corrected chi connectivity index (χ4v) is 3.57. The first kappa shape index (κ1) is 21.8. The van der Waals surface area contributed by atoms with Crippen LogP contribution in [0.15, 0.2) is 42.5 Å². The van der Waals surface area contributed by atoms with E-state index in [1.165, 1.54) is 13.0 Å². The minimum absolute atomic E-state index is 0.0633. The highest BCUT2D eigenvalue weighted by Gasteiger charge is 2.23. The predicted octanol–water partition coefficient (Wildman–Crippen LogP) is 3.96. The molecule has 3 rings (SSSR count). The largest absolute Gasteiger partial charge is 0.484 e. The third kappa shape index (κ3) is 5.57. The Balaban J connectivity index is 1.84. The standard InChI is InChI=1S/C23H27FN2O4/c1-14(16-6-4-3-5-7-16)30-21-13-17(12-20(24)22(21)25-15(2)27)23(29)26-18-8-10-19(28)11-9-18/h3-7,12-14,18-19,28H,8-11H2,1-2H3,(H,25,27)(H,26,29)/t14-,18-,19-/m0/s1. The van der Waals surface area contributed by atoms with Crippen LogP contribution >= 0.6 is 0 Å². The predicted molar refractivity (Wildman–Crippen MR) is 112 cm³/mol. The molecule has 0 radical (unpaired) electrons. The highest BCUT2D eigenvalue weighted by atomic mass is 19.1. The summed E-state index contributed by atoms with van der Waals surface area (Å²) in [5, 5.41) is 15.0. The molecule has 3 N–H and O–H groups in total. The van der Waals surface area contributed by atoms with E-state index in [2.05, 4.69) is 10.6 Å². The number of carbonyl (C=O) groups excluding carboxylic acids is 2. The Bertz CT molecular complexity index is 896. The maximum absolute atomic E-state index is 14.8. The maximum atomic E-state index is 14.8. The molecular weight excluding hydrogens is 387 g/mol. The summed E-state index contributed by atoms with van der Waals surface area (Å²) in [7, 11) is 0. The Labute approximate surface area is 175 Å². The molecule has 160 valence electrons. The van der Waals surface area contributed by atoms with Gasteiger partial charge in [0.1, 0.15) is 17.5 Å². The van der Waals surface area contributed by atoms with Crippen molar-refractivity contribution in [1.82, 2.24) is 5.32 Å². The lowest BCUT2D eigenvalue weighted by Gasteiger charge is -2.26. The fraction of sp³-hybridized carbons (Fsp3) is 0.391. The van der Waals surface area contributed by atoms with Crippen molar-refractivity contribution in [1.29, 1.82) is 0 Å². The van der Waals surface area contributed by atoms with Crippen LogP contribution in [0, 0.1) is 5.82 Å². The molecule has 1 atom stereocenters. The summed E-state index contributed by atoms with van der Waals surface area (Å²) in [5.74, 6) is -1.51. The lowest BCUT2D eigenvalue weighted by atomic mass is 9.93. The van der Waals surface area contributed by atoms with Crippen LogP contribution in [-0.2, 0) is 4.79 Å². The second-order valence-electron chi connectivity index (χ2n) is 7.66. The highest BCUT2D eigenvalue weighted by molar-refractivity contribution is 5.97. The number of benzene rings is 2. The van der Waals surface area contributed by atoms with E-state index in [0.29, 0.717) is 25.7 Å². The van der Waals surface area contributed by atoms with Gasteiger partial charge < -0.3 is 20.5 Å². The fourth-order valence-electron chi connectivity index (χ4n) is 3.57. The van der Waals surface area contributed by atoms with E-state index in [9.17, 15) is 19.1 Å². The molecule has 0 spiro atoms. The summed E-state index contributed by atoms with van der Waals surface area (Å²) >= 11 is 0. The number of hydrogen-bond donors (Lipinski definition) is 3. The van der Waals surface area contributed by atoms with Gasteiger partial charge in [-0.25, -0.2) is 4.39 Å². The molecule has 7 heteroatoms. The van der Waals surface area contributed by atoms with Gasteiger partial charge in [0.2, 0.25) is 5.91 Å². The van der Waals surface area contributed by atoms with Crippen LogP contribution in [-0.4, -0.2) is 29.1 Å². The Morgan fingerprint density at radius 2 is 1.80 bits per heavy atom. The van der Waals surface area contributed by atoms with Crippen LogP contribution in [0.3, 0.4) is 0 Å². The molecule has 1 fully saturated rings. The topological polar surface area (TPSA) is 87.7 Å². The van der Waals surface area contributed by atoms with E-state index in [1.807, 2.05) is 37.3 Å². The second-order valence-corrected chi connectivity index (χ2v) is 7.66. The number of anilines is 1. The van der Waals surface area contributed by atoms with E-state index in [-0.39, 0.29) is 29.1 Å². The average Bonchev–Trinajstić information content (AvgIpc) is 2.72. The lowest BCUT2D eigenvalue weighted by Crippen LogP contribution is -2.38. The molecule has 0 bridgehead atoms. The summed E-state index contributed by atoms with van der Waals surface area (Å²) in [5.41, 5.74) is 0.896. The second kappa shape index (κ2) is 9.71. The maximum Gasteiger partial charge on any atom is 0.251 e. The van der Waals surface area contributed by atoms with Gasteiger partial charge in [0.05, 0.1) is 6.10 Å². The first-order valence-corrected chi connectivity index (χ1v) is 10.1.